The Kier molecular flexibility index (Phi) is 7.79. The number of rotatable bonds is 9. The fraction of sp³-hybridized carbons (Fsp3) is 0.130. The van der Waals surface area contributed by atoms with Crippen molar-refractivity contribution in [2.45, 2.75) is 11.3 Å². The van der Waals surface area contributed by atoms with Gasteiger partial charge < -0.3 is 11.1 Å². The van der Waals surface area contributed by atoms with E-state index in [-0.39, 0.29) is 18.0 Å². The number of hydrogen-bond donors (Lipinski definition) is 2. The smallest absolute Gasteiger partial charge is 0.248 e. The van der Waals surface area contributed by atoms with Gasteiger partial charge in [0.05, 0.1) is 11.4 Å². The van der Waals surface area contributed by atoms with Crippen molar-refractivity contribution >= 4 is 43.5 Å². The predicted molar refractivity (Wildman–Crippen MR) is 127 cm³/mol. The minimum atomic E-state index is -3.90. The molecule has 0 atom stereocenters. The summed E-state index contributed by atoms with van der Waals surface area (Å²) in [5.74, 6) is -1.07. The Morgan fingerprint density at radius 1 is 0.906 bits per heavy atom. The summed E-state index contributed by atoms with van der Waals surface area (Å²) < 4.78 is 28.4. The lowest BCUT2D eigenvalue weighted by molar-refractivity contribution is -0.116. The van der Waals surface area contributed by atoms with Crippen LogP contribution in [0.4, 0.5) is 5.69 Å². The molecule has 0 aliphatic rings. The van der Waals surface area contributed by atoms with Crippen LogP contribution in [0.2, 0.25) is 0 Å². The van der Waals surface area contributed by atoms with Crippen LogP contribution in [0.15, 0.2) is 88.2 Å². The topological polar surface area (TPSA) is 110 Å². The molecule has 0 saturated carbocycles. The molecule has 0 aromatic heterocycles. The van der Waals surface area contributed by atoms with Crippen LogP contribution in [0.1, 0.15) is 15.9 Å². The predicted octanol–water partition coefficient (Wildman–Crippen LogP) is 3.42. The lowest BCUT2D eigenvalue weighted by atomic mass is 10.1. The molecular formula is C23H22BrN3O4S. The Bertz CT molecular complexity index is 1180. The molecule has 0 saturated heterocycles. The number of nitrogens with zero attached hydrogens (tertiary/aromatic N) is 1. The SMILES string of the molecule is NC(=O)c1ccc(NC(=O)CN(CCc2ccccc2)S(=O)(=O)c2ccc(Br)cc2)cc1. The summed E-state index contributed by atoms with van der Waals surface area (Å²) in [6.45, 7) is -0.223. The second-order valence-corrected chi connectivity index (χ2v) is 9.87. The summed E-state index contributed by atoms with van der Waals surface area (Å²) in [6, 6.07) is 21.8. The van der Waals surface area contributed by atoms with Crippen molar-refractivity contribution in [2.24, 2.45) is 5.73 Å². The molecule has 3 aromatic carbocycles. The number of halogens is 1. The first-order valence-electron chi connectivity index (χ1n) is 9.75. The fourth-order valence-corrected chi connectivity index (χ4v) is 4.68. The monoisotopic (exact) mass is 515 g/mol. The van der Waals surface area contributed by atoms with Crippen LogP contribution in [0.3, 0.4) is 0 Å². The van der Waals surface area contributed by atoms with Crippen molar-refractivity contribution in [2.75, 3.05) is 18.4 Å². The summed E-state index contributed by atoms with van der Waals surface area (Å²) in [6.07, 6.45) is 0.456. The highest BCUT2D eigenvalue weighted by atomic mass is 79.9. The van der Waals surface area contributed by atoms with Gasteiger partial charge in [-0.3, -0.25) is 9.59 Å². The highest BCUT2D eigenvalue weighted by molar-refractivity contribution is 9.10. The Hall–Kier alpha value is -3.01. The molecule has 0 unspecified atom stereocenters. The molecule has 0 fully saturated rings. The number of carbonyl (C=O) groups is 2. The van der Waals surface area contributed by atoms with Gasteiger partial charge in [-0.2, -0.15) is 4.31 Å². The normalized spacial score (nSPS) is 11.3. The van der Waals surface area contributed by atoms with Gasteiger partial charge in [-0.1, -0.05) is 46.3 Å². The van der Waals surface area contributed by atoms with E-state index in [1.165, 1.54) is 36.4 Å². The molecule has 2 amide bonds. The van der Waals surface area contributed by atoms with Crippen LogP contribution in [0.25, 0.3) is 0 Å². The van der Waals surface area contributed by atoms with E-state index in [0.29, 0.717) is 17.7 Å². The van der Waals surface area contributed by atoms with Crippen molar-refractivity contribution in [1.29, 1.82) is 0 Å². The molecule has 166 valence electrons. The zero-order valence-corrected chi connectivity index (χ0v) is 19.5. The molecule has 0 aliphatic heterocycles. The van der Waals surface area contributed by atoms with Crippen molar-refractivity contribution in [3.63, 3.8) is 0 Å². The number of nitrogens with two attached hydrogens (primary N) is 1. The molecule has 0 radical (unpaired) electrons. The summed E-state index contributed by atoms with van der Waals surface area (Å²) in [5, 5.41) is 2.66. The lowest BCUT2D eigenvalue weighted by Gasteiger charge is -2.22. The number of anilines is 1. The van der Waals surface area contributed by atoms with E-state index in [1.54, 1.807) is 12.1 Å². The molecule has 0 aliphatic carbocycles. The Balaban J connectivity index is 1.78. The van der Waals surface area contributed by atoms with E-state index in [4.69, 9.17) is 5.73 Å². The molecule has 0 spiro atoms. The first-order chi connectivity index (χ1) is 15.3. The summed E-state index contributed by atoms with van der Waals surface area (Å²) in [5.41, 5.74) is 6.93. The molecule has 9 heteroatoms. The zero-order valence-electron chi connectivity index (χ0n) is 17.1. The van der Waals surface area contributed by atoms with Gasteiger partial charge in [0, 0.05) is 22.3 Å². The number of carbonyl (C=O) groups excluding carboxylic acids is 2. The average molecular weight is 516 g/mol. The molecule has 7 nitrogen and oxygen atoms in total. The van der Waals surface area contributed by atoms with Gasteiger partial charge in [0.1, 0.15) is 0 Å². The number of amides is 2. The molecule has 3 aromatic rings. The van der Waals surface area contributed by atoms with Crippen LogP contribution in [0.5, 0.6) is 0 Å². The van der Waals surface area contributed by atoms with Gasteiger partial charge in [-0.15, -0.1) is 0 Å². The van der Waals surface area contributed by atoms with Gasteiger partial charge in [-0.25, -0.2) is 8.42 Å². The third kappa shape index (κ3) is 6.25. The molecule has 0 bridgehead atoms. The van der Waals surface area contributed by atoms with Crippen LogP contribution < -0.4 is 11.1 Å². The Labute approximate surface area is 195 Å². The second-order valence-electron chi connectivity index (χ2n) is 7.02. The van der Waals surface area contributed by atoms with E-state index in [9.17, 15) is 18.0 Å². The van der Waals surface area contributed by atoms with Crippen molar-refractivity contribution in [3.05, 3.63) is 94.5 Å². The lowest BCUT2D eigenvalue weighted by Crippen LogP contribution is -2.39. The fourth-order valence-electron chi connectivity index (χ4n) is 3.02. The number of benzene rings is 3. The zero-order chi connectivity index (χ0) is 23.1. The van der Waals surface area contributed by atoms with Crippen LogP contribution in [-0.2, 0) is 21.2 Å². The molecule has 3 rings (SSSR count). The van der Waals surface area contributed by atoms with E-state index in [2.05, 4.69) is 21.2 Å². The van der Waals surface area contributed by atoms with Gasteiger partial charge in [0.25, 0.3) is 0 Å². The van der Waals surface area contributed by atoms with Gasteiger partial charge in [0.15, 0.2) is 0 Å². The van der Waals surface area contributed by atoms with E-state index in [1.807, 2.05) is 30.3 Å². The van der Waals surface area contributed by atoms with E-state index in [0.717, 1.165) is 14.3 Å². The minimum Gasteiger partial charge on any atom is -0.366 e. The molecule has 3 N–H and O–H groups in total. The maximum absolute atomic E-state index is 13.3. The largest absolute Gasteiger partial charge is 0.366 e. The van der Waals surface area contributed by atoms with Crippen molar-refractivity contribution < 1.29 is 18.0 Å². The third-order valence-corrected chi connectivity index (χ3v) is 7.11. The van der Waals surface area contributed by atoms with Crippen molar-refractivity contribution in [3.8, 4) is 0 Å². The van der Waals surface area contributed by atoms with E-state index >= 15 is 0 Å². The summed E-state index contributed by atoms with van der Waals surface area (Å²) in [7, 11) is -3.90. The average Bonchev–Trinajstić information content (AvgIpc) is 2.78. The maximum Gasteiger partial charge on any atom is 0.248 e. The highest BCUT2D eigenvalue weighted by Gasteiger charge is 2.26. The van der Waals surface area contributed by atoms with Crippen LogP contribution in [0, 0.1) is 0 Å². The third-order valence-electron chi connectivity index (χ3n) is 4.72. The molecule has 32 heavy (non-hydrogen) atoms. The Morgan fingerprint density at radius 2 is 1.53 bits per heavy atom. The van der Waals surface area contributed by atoms with Crippen LogP contribution in [-0.4, -0.2) is 37.6 Å². The highest BCUT2D eigenvalue weighted by Crippen LogP contribution is 2.20. The quantitative estimate of drug-likeness (QED) is 0.454. The van der Waals surface area contributed by atoms with Gasteiger partial charge in [-0.05, 0) is 60.5 Å². The van der Waals surface area contributed by atoms with Crippen molar-refractivity contribution in [1.82, 2.24) is 4.31 Å². The van der Waals surface area contributed by atoms with Crippen LogP contribution >= 0.6 is 15.9 Å². The van der Waals surface area contributed by atoms with Gasteiger partial charge >= 0.3 is 0 Å². The molecule has 0 heterocycles. The number of hydrogen-bond acceptors (Lipinski definition) is 4. The Morgan fingerprint density at radius 3 is 2.12 bits per heavy atom. The van der Waals surface area contributed by atoms with Gasteiger partial charge in [0.2, 0.25) is 21.8 Å². The number of nitrogens with one attached hydrogen (secondary N) is 1. The second kappa shape index (κ2) is 10.5. The minimum absolute atomic E-state index is 0.104. The summed E-state index contributed by atoms with van der Waals surface area (Å²) in [4.78, 5) is 24.0. The first-order valence-corrected chi connectivity index (χ1v) is 12.0. The van der Waals surface area contributed by atoms with E-state index < -0.39 is 21.8 Å². The molecular weight excluding hydrogens is 494 g/mol. The standard InChI is InChI=1S/C23H22BrN3O4S/c24-19-8-12-21(13-9-19)32(30,31)27(15-14-17-4-2-1-3-5-17)16-22(28)26-20-10-6-18(7-11-20)23(25)29/h1-13H,14-16H2,(H2,25,29)(H,26,28). The first kappa shape index (κ1) is 23.6. The number of primary amides is 1. The number of sulfonamides is 1. The maximum atomic E-state index is 13.3. The summed E-state index contributed by atoms with van der Waals surface area (Å²) >= 11 is 3.30.